The topological polar surface area (TPSA) is 107 Å². The average Bonchev–Trinajstić information content (AvgIpc) is 3.49. The fourth-order valence-corrected chi connectivity index (χ4v) is 4.17. The molecule has 2 aromatic heterocycles. The summed E-state index contributed by atoms with van der Waals surface area (Å²) in [6, 6.07) is 11.4. The first-order chi connectivity index (χ1) is 16.6. The van der Waals surface area contributed by atoms with Gasteiger partial charge in [-0.3, -0.25) is 15.2 Å². The third kappa shape index (κ3) is 3.98. The minimum atomic E-state index is -0.397. The second kappa shape index (κ2) is 8.97. The third-order valence-electron chi connectivity index (χ3n) is 5.84. The van der Waals surface area contributed by atoms with E-state index in [2.05, 4.69) is 25.6 Å². The molecule has 0 atom stereocenters. The molecule has 0 aliphatic heterocycles. The van der Waals surface area contributed by atoms with Crippen molar-refractivity contribution in [1.29, 1.82) is 0 Å². The van der Waals surface area contributed by atoms with E-state index in [9.17, 15) is 9.18 Å². The summed E-state index contributed by atoms with van der Waals surface area (Å²) in [5.41, 5.74) is 3.59. The number of rotatable bonds is 6. The van der Waals surface area contributed by atoms with Gasteiger partial charge in [0.05, 0.1) is 25.5 Å². The number of halogens is 1. The fourth-order valence-electron chi connectivity index (χ4n) is 4.17. The number of fused-ring (bicyclic) bond motifs is 1. The predicted molar refractivity (Wildman–Crippen MR) is 123 cm³/mol. The summed E-state index contributed by atoms with van der Waals surface area (Å²) < 4.78 is 25.8. The van der Waals surface area contributed by atoms with E-state index < -0.39 is 5.91 Å². The van der Waals surface area contributed by atoms with Crippen molar-refractivity contribution in [1.82, 2.24) is 25.0 Å². The van der Waals surface area contributed by atoms with Gasteiger partial charge in [-0.2, -0.15) is 10.1 Å². The summed E-state index contributed by atoms with van der Waals surface area (Å²) in [6.45, 7) is 0. The van der Waals surface area contributed by atoms with Crippen LogP contribution in [0.4, 0.5) is 10.3 Å². The van der Waals surface area contributed by atoms with Gasteiger partial charge in [-0.15, -0.1) is 5.10 Å². The number of methoxy groups -OCH3 is 2. The van der Waals surface area contributed by atoms with E-state index in [4.69, 9.17) is 9.47 Å². The highest BCUT2D eigenvalue weighted by molar-refractivity contribution is 6.03. The zero-order valence-electron chi connectivity index (χ0n) is 18.8. The van der Waals surface area contributed by atoms with E-state index in [1.807, 2.05) is 0 Å². The molecular formula is C24H23FN6O3. The normalized spacial score (nSPS) is 12.8. The summed E-state index contributed by atoms with van der Waals surface area (Å²) in [4.78, 5) is 17.6. The Balaban J connectivity index is 1.43. The van der Waals surface area contributed by atoms with Crippen LogP contribution in [0.25, 0.3) is 17.1 Å². The fraction of sp³-hybridized carbons (Fsp3) is 0.250. The monoisotopic (exact) mass is 462 g/mol. The number of nitrogens with one attached hydrogen (secondary N) is 2. The van der Waals surface area contributed by atoms with Crippen LogP contribution in [0.3, 0.4) is 0 Å². The molecule has 0 bridgehead atoms. The van der Waals surface area contributed by atoms with Crippen molar-refractivity contribution in [2.24, 2.45) is 0 Å². The number of carbonyl (C=O) groups is 1. The summed E-state index contributed by atoms with van der Waals surface area (Å²) in [7, 11) is 3.13. The van der Waals surface area contributed by atoms with Gasteiger partial charge in [0.15, 0.2) is 11.5 Å². The largest absolute Gasteiger partial charge is 0.497 e. The van der Waals surface area contributed by atoms with Crippen molar-refractivity contribution < 1.29 is 18.7 Å². The van der Waals surface area contributed by atoms with Crippen LogP contribution in [0.5, 0.6) is 11.5 Å². The van der Waals surface area contributed by atoms with Crippen LogP contribution in [-0.4, -0.2) is 45.1 Å². The van der Waals surface area contributed by atoms with E-state index in [-0.39, 0.29) is 11.8 Å². The Hall–Kier alpha value is -4.21. The number of amides is 1. The molecule has 0 radical (unpaired) electrons. The van der Waals surface area contributed by atoms with Gasteiger partial charge >= 0.3 is 0 Å². The molecule has 1 amide bonds. The van der Waals surface area contributed by atoms with Crippen LogP contribution < -0.4 is 14.8 Å². The van der Waals surface area contributed by atoms with E-state index in [1.165, 1.54) is 12.1 Å². The maximum Gasteiger partial charge on any atom is 0.278 e. The molecule has 2 N–H and O–H groups in total. The van der Waals surface area contributed by atoms with E-state index in [0.29, 0.717) is 34.3 Å². The van der Waals surface area contributed by atoms with E-state index in [1.54, 1.807) is 49.2 Å². The van der Waals surface area contributed by atoms with Gasteiger partial charge in [-0.05, 0) is 62.1 Å². The predicted octanol–water partition coefficient (Wildman–Crippen LogP) is 3.94. The number of hydrogen-bond donors (Lipinski definition) is 2. The first kappa shape index (κ1) is 21.6. The van der Waals surface area contributed by atoms with Crippen LogP contribution in [0.15, 0.2) is 42.5 Å². The van der Waals surface area contributed by atoms with Gasteiger partial charge in [0.25, 0.3) is 5.91 Å². The molecule has 5 rings (SSSR count). The minimum absolute atomic E-state index is 0.124. The van der Waals surface area contributed by atoms with Crippen LogP contribution in [-0.2, 0) is 12.8 Å². The highest BCUT2D eigenvalue weighted by Gasteiger charge is 2.26. The lowest BCUT2D eigenvalue weighted by Gasteiger charge is -2.14. The number of H-pyrrole nitrogens is 1. The summed E-state index contributed by atoms with van der Waals surface area (Å²) >= 11 is 0. The van der Waals surface area contributed by atoms with Gasteiger partial charge in [0.1, 0.15) is 17.3 Å². The third-order valence-corrected chi connectivity index (χ3v) is 5.84. The zero-order chi connectivity index (χ0) is 23.7. The van der Waals surface area contributed by atoms with Crippen molar-refractivity contribution in [2.45, 2.75) is 25.7 Å². The van der Waals surface area contributed by atoms with Gasteiger partial charge in [0, 0.05) is 17.3 Å². The van der Waals surface area contributed by atoms with Crippen molar-refractivity contribution in [3.8, 4) is 28.6 Å². The number of carbonyl (C=O) groups excluding carboxylic acids is 1. The molecule has 1 aliphatic carbocycles. The molecule has 174 valence electrons. The number of anilines is 1. The van der Waals surface area contributed by atoms with E-state index >= 15 is 0 Å². The number of aromatic nitrogens is 5. The minimum Gasteiger partial charge on any atom is -0.497 e. The standard InChI is InChI=1S/C24H23FN6O3/c1-33-16-11-12-18(20(13-16)34-2)22-26-24(29-28-22)27-23(32)21-17-5-3-4-6-19(17)31(30-21)15-9-7-14(25)8-10-15/h7-13H,3-6H2,1-2H3,(H2,26,27,28,29,32). The van der Waals surface area contributed by atoms with Gasteiger partial charge < -0.3 is 9.47 Å². The molecule has 0 unspecified atom stereocenters. The lowest BCUT2D eigenvalue weighted by atomic mass is 9.95. The van der Waals surface area contributed by atoms with Crippen LogP contribution in [0.1, 0.15) is 34.6 Å². The van der Waals surface area contributed by atoms with Crippen LogP contribution >= 0.6 is 0 Å². The molecule has 9 nitrogen and oxygen atoms in total. The molecule has 0 spiro atoms. The number of hydrogen-bond acceptors (Lipinski definition) is 6. The van der Waals surface area contributed by atoms with Crippen molar-refractivity contribution in [2.75, 3.05) is 19.5 Å². The Morgan fingerprint density at radius 1 is 1.09 bits per heavy atom. The zero-order valence-corrected chi connectivity index (χ0v) is 18.8. The molecule has 34 heavy (non-hydrogen) atoms. The number of nitrogens with zero attached hydrogens (tertiary/aromatic N) is 4. The molecule has 0 saturated carbocycles. The number of aromatic amines is 1. The first-order valence-corrected chi connectivity index (χ1v) is 10.9. The van der Waals surface area contributed by atoms with Gasteiger partial charge in [-0.1, -0.05) is 0 Å². The number of benzene rings is 2. The molecule has 2 aromatic carbocycles. The second-order valence-electron chi connectivity index (χ2n) is 7.90. The lowest BCUT2D eigenvalue weighted by molar-refractivity contribution is 0.102. The Morgan fingerprint density at radius 3 is 2.65 bits per heavy atom. The van der Waals surface area contributed by atoms with Crippen molar-refractivity contribution in [3.63, 3.8) is 0 Å². The molecule has 2 heterocycles. The molecule has 4 aromatic rings. The molecule has 1 aliphatic rings. The summed E-state index contributed by atoms with van der Waals surface area (Å²) in [5, 5.41) is 14.3. The van der Waals surface area contributed by atoms with Crippen LogP contribution in [0, 0.1) is 5.82 Å². The van der Waals surface area contributed by atoms with Crippen molar-refractivity contribution in [3.05, 3.63) is 65.2 Å². The van der Waals surface area contributed by atoms with Gasteiger partial charge in [-0.25, -0.2) is 9.07 Å². The average molecular weight is 462 g/mol. The van der Waals surface area contributed by atoms with Crippen LogP contribution in [0.2, 0.25) is 0 Å². The quantitative estimate of drug-likeness (QED) is 0.449. The molecule has 0 fully saturated rings. The second-order valence-corrected chi connectivity index (χ2v) is 7.90. The number of ether oxygens (including phenoxy) is 2. The van der Waals surface area contributed by atoms with Gasteiger partial charge in [0.2, 0.25) is 5.95 Å². The maximum absolute atomic E-state index is 13.4. The Bertz CT molecular complexity index is 1350. The smallest absolute Gasteiger partial charge is 0.278 e. The summed E-state index contributed by atoms with van der Waals surface area (Å²) in [5.74, 6) is 1.05. The summed E-state index contributed by atoms with van der Waals surface area (Å²) in [6.07, 6.45) is 3.54. The maximum atomic E-state index is 13.4. The molecular weight excluding hydrogens is 439 g/mol. The lowest BCUT2D eigenvalue weighted by Crippen LogP contribution is -2.16. The Morgan fingerprint density at radius 2 is 1.88 bits per heavy atom. The molecule has 0 saturated heterocycles. The van der Waals surface area contributed by atoms with Crippen molar-refractivity contribution >= 4 is 11.9 Å². The highest BCUT2D eigenvalue weighted by atomic mass is 19.1. The Labute approximate surface area is 194 Å². The molecule has 10 heteroatoms. The van der Waals surface area contributed by atoms with E-state index in [0.717, 1.165) is 36.9 Å². The Kier molecular flexibility index (Phi) is 5.70. The SMILES string of the molecule is COc1ccc(-c2nc(NC(=O)c3nn(-c4ccc(F)cc4)c4c3CCCC4)n[nH]2)c(OC)c1. The first-order valence-electron chi connectivity index (χ1n) is 10.9. The highest BCUT2D eigenvalue weighted by Crippen LogP contribution is 2.32.